The zero-order valence-corrected chi connectivity index (χ0v) is 11.5. The van der Waals surface area contributed by atoms with Gasteiger partial charge in [-0.05, 0) is 35.9 Å². The molecule has 1 aliphatic heterocycles. The zero-order chi connectivity index (χ0) is 14.8. The number of hydrogen-bond acceptors (Lipinski definition) is 3. The number of ether oxygens (including phenoxy) is 1. The summed E-state index contributed by atoms with van der Waals surface area (Å²) in [5, 5.41) is 0.599. The van der Waals surface area contributed by atoms with E-state index in [2.05, 4.69) is 4.99 Å². The van der Waals surface area contributed by atoms with Crippen LogP contribution in [0.2, 0.25) is 5.02 Å². The van der Waals surface area contributed by atoms with Crippen molar-refractivity contribution in [1.29, 1.82) is 0 Å². The SMILES string of the molecule is O=C1OC(c2ccccc2F)=NC1=Cc1ccc(Cl)cc1. The van der Waals surface area contributed by atoms with Crippen LogP contribution in [-0.4, -0.2) is 11.9 Å². The topological polar surface area (TPSA) is 38.7 Å². The maximum Gasteiger partial charge on any atom is 0.363 e. The molecule has 0 aliphatic carbocycles. The summed E-state index contributed by atoms with van der Waals surface area (Å²) in [6, 6.07) is 12.9. The van der Waals surface area contributed by atoms with E-state index < -0.39 is 11.8 Å². The lowest BCUT2D eigenvalue weighted by Gasteiger charge is -1.99. The standard InChI is InChI=1S/C16H9ClFNO2/c17-11-7-5-10(6-8-11)9-14-16(20)21-15(19-14)12-3-1-2-4-13(12)18/h1-9H. The van der Waals surface area contributed by atoms with Crippen molar-refractivity contribution in [3.8, 4) is 0 Å². The minimum absolute atomic E-state index is 0.0293. The van der Waals surface area contributed by atoms with Gasteiger partial charge in [0.1, 0.15) is 5.82 Å². The molecule has 0 amide bonds. The minimum atomic E-state index is -0.608. The summed E-state index contributed by atoms with van der Waals surface area (Å²) in [6.07, 6.45) is 1.56. The van der Waals surface area contributed by atoms with Gasteiger partial charge in [0.05, 0.1) is 5.56 Å². The van der Waals surface area contributed by atoms with Gasteiger partial charge in [0.25, 0.3) is 0 Å². The number of cyclic esters (lactones) is 1. The van der Waals surface area contributed by atoms with Crippen LogP contribution in [0.5, 0.6) is 0 Å². The number of aliphatic imine (C=N–C) groups is 1. The molecule has 2 aromatic carbocycles. The van der Waals surface area contributed by atoms with Gasteiger partial charge in [0.2, 0.25) is 5.90 Å². The fourth-order valence-corrected chi connectivity index (χ4v) is 2.00. The molecule has 0 aromatic heterocycles. The number of carbonyl (C=O) groups is 1. The molecule has 0 saturated heterocycles. The summed E-state index contributed by atoms with van der Waals surface area (Å²) >= 11 is 5.80. The van der Waals surface area contributed by atoms with Crippen molar-refractivity contribution in [3.63, 3.8) is 0 Å². The smallest absolute Gasteiger partial charge is 0.363 e. The highest BCUT2D eigenvalue weighted by molar-refractivity contribution is 6.30. The first-order valence-electron chi connectivity index (χ1n) is 6.16. The van der Waals surface area contributed by atoms with Crippen molar-refractivity contribution >= 4 is 29.5 Å². The fraction of sp³-hybridized carbons (Fsp3) is 0. The van der Waals surface area contributed by atoms with Gasteiger partial charge in [-0.25, -0.2) is 14.2 Å². The van der Waals surface area contributed by atoms with Gasteiger partial charge in [-0.15, -0.1) is 0 Å². The minimum Gasteiger partial charge on any atom is -0.402 e. The van der Waals surface area contributed by atoms with Gasteiger partial charge in [-0.1, -0.05) is 35.9 Å². The second-order valence-corrected chi connectivity index (χ2v) is 4.80. The summed E-state index contributed by atoms with van der Waals surface area (Å²) in [5.74, 6) is -1.13. The van der Waals surface area contributed by atoms with E-state index in [4.69, 9.17) is 16.3 Å². The molecule has 5 heteroatoms. The Morgan fingerprint density at radius 1 is 1.10 bits per heavy atom. The lowest BCUT2D eigenvalue weighted by atomic mass is 10.2. The zero-order valence-electron chi connectivity index (χ0n) is 10.7. The first-order valence-corrected chi connectivity index (χ1v) is 6.54. The first kappa shape index (κ1) is 13.5. The fourth-order valence-electron chi connectivity index (χ4n) is 1.88. The number of esters is 1. The Balaban J connectivity index is 1.96. The van der Waals surface area contributed by atoms with Crippen LogP contribution >= 0.6 is 11.6 Å². The van der Waals surface area contributed by atoms with Crippen LogP contribution in [0.25, 0.3) is 6.08 Å². The van der Waals surface area contributed by atoms with Crippen LogP contribution in [0.3, 0.4) is 0 Å². The second-order valence-electron chi connectivity index (χ2n) is 4.37. The average molecular weight is 302 g/mol. The number of rotatable bonds is 2. The van der Waals surface area contributed by atoms with Crippen molar-refractivity contribution in [1.82, 2.24) is 0 Å². The molecule has 0 spiro atoms. The van der Waals surface area contributed by atoms with E-state index in [0.717, 1.165) is 5.56 Å². The molecule has 104 valence electrons. The third kappa shape index (κ3) is 2.85. The van der Waals surface area contributed by atoms with E-state index in [9.17, 15) is 9.18 Å². The monoisotopic (exact) mass is 301 g/mol. The van der Waals surface area contributed by atoms with Crippen LogP contribution in [0.1, 0.15) is 11.1 Å². The van der Waals surface area contributed by atoms with Crippen LogP contribution in [0, 0.1) is 5.82 Å². The van der Waals surface area contributed by atoms with E-state index in [-0.39, 0.29) is 17.2 Å². The van der Waals surface area contributed by atoms with Crippen LogP contribution in [0.15, 0.2) is 59.2 Å². The van der Waals surface area contributed by atoms with Crippen LogP contribution in [0.4, 0.5) is 4.39 Å². The highest BCUT2D eigenvalue weighted by Gasteiger charge is 2.25. The van der Waals surface area contributed by atoms with Crippen LogP contribution in [-0.2, 0) is 9.53 Å². The predicted molar refractivity (Wildman–Crippen MR) is 78.5 cm³/mol. The highest BCUT2D eigenvalue weighted by atomic mass is 35.5. The van der Waals surface area contributed by atoms with Crippen molar-refractivity contribution in [2.45, 2.75) is 0 Å². The molecular formula is C16H9ClFNO2. The summed E-state index contributed by atoms with van der Waals surface area (Å²) in [6.45, 7) is 0. The van der Waals surface area contributed by atoms with Gasteiger partial charge in [-0.3, -0.25) is 0 Å². The Morgan fingerprint density at radius 3 is 2.52 bits per heavy atom. The molecule has 0 saturated carbocycles. The van der Waals surface area contributed by atoms with E-state index in [1.165, 1.54) is 12.1 Å². The molecule has 0 radical (unpaired) electrons. The van der Waals surface area contributed by atoms with Gasteiger partial charge in [0, 0.05) is 5.02 Å². The van der Waals surface area contributed by atoms with Gasteiger partial charge in [-0.2, -0.15) is 0 Å². The molecule has 0 unspecified atom stereocenters. The van der Waals surface area contributed by atoms with Crippen molar-refractivity contribution < 1.29 is 13.9 Å². The van der Waals surface area contributed by atoms with Gasteiger partial charge in [0.15, 0.2) is 5.70 Å². The Morgan fingerprint density at radius 2 is 1.81 bits per heavy atom. The van der Waals surface area contributed by atoms with Gasteiger partial charge < -0.3 is 4.74 Å². The lowest BCUT2D eigenvalue weighted by molar-refractivity contribution is -0.129. The van der Waals surface area contributed by atoms with E-state index >= 15 is 0 Å². The van der Waals surface area contributed by atoms with E-state index in [1.807, 2.05) is 0 Å². The second kappa shape index (κ2) is 5.50. The maximum absolute atomic E-state index is 13.7. The number of halogens is 2. The molecule has 2 aromatic rings. The quantitative estimate of drug-likeness (QED) is 0.625. The molecule has 3 nitrogen and oxygen atoms in total. The summed E-state index contributed by atoms with van der Waals surface area (Å²) in [7, 11) is 0. The number of carbonyl (C=O) groups excluding carboxylic acids is 1. The summed E-state index contributed by atoms with van der Waals surface area (Å²) in [4.78, 5) is 15.8. The molecule has 0 bridgehead atoms. The van der Waals surface area contributed by atoms with E-state index in [0.29, 0.717) is 5.02 Å². The highest BCUT2D eigenvalue weighted by Crippen LogP contribution is 2.21. The molecule has 21 heavy (non-hydrogen) atoms. The molecule has 0 fully saturated rings. The number of hydrogen-bond donors (Lipinski definition) is 0. The van der Waals surface area contributed by atoms with E-state index in [1.54, 1.807) is 42.5 Å². The normalized spacial score (nSPS) is 16.0. The Labute approximate surface area is 125 Å². The number of benzene rings is 2. The number of nitrogens with zero attached hydrogens (tertiary/aromatic N) is 1. The molecule has 0 atom stereocenters. The third-order valence-electron chi connectivity index (χ3n) is 2.90. The maximum atomic E-state index is 13.7. The van der Waals surface area contributed by atoms with Crippen LogP contribution < -0.4 is 0 Å². The molecule has 1 aliphatic rings. The van der Waals surface area contributed by atoms with Crippen molar-refractivity contribution in [2.24, 2.45) is 4.99 Å². The molecule has 0 N–H and O–H groups in total. The predicted octanol–water partition coefficient (Wildman–Crippen LogP) is 3.82. The largest absolute Gasteiger partial charge is 0.402 e. The average Bonchev–Trinajstić information content (AvgIpc) is 2.83. The first-order chi connectivity index (χ1) is 10.1. The Bertz CT molecular complexity index is 766. The molecule has 3 rings (SSSR count). The Hall–Kier alpha value is -2.46. The third-order valence-corrected chi connectivity index (χ3v) is 3.15. The molecule has 1 heterocycles. The molecular weight excluding hydrogens is 293 g/mol. The summed E-state index contributed by atoms with van der Waals surface area (Å²) in [5.41, 5.74) is 1.03. The van der Waals surface area contributed by atoms with Gasteiger partial charge >= 0.3 is 5.97 Å². The summed E-state index contributed by atoms with van der Waals surface area (Å²) < 4.78 is 18.7. The van der Waals surface area contributed by atoms with Crippen molar-refractivity contribution in [2.75, 3.05) is 0 Å². The van der Waals surface area contributed by atoms with Crippen molar-refractivity contribution in [3.05, 3.63) is 76.2 Å². The lowest BCUT2D eigenvalue weighted by Crippen LogP contribution is -2.07. The Kier molecular flexibility index (Phi) is 3.54.